The number of hydrogen-bond acceptors (Lipinski definition) is 5. The number of sulfonamides is 1. The van der Waals surface area contributed by atoms with Crippen molar-refractivity contribution in [3.63, 3.8) is 0 Å². The van der Waals surface area contributed by atoms with E-state index in [1.54, 1.807) is 0 Å². The number of nitro groups is 1. The maximum Gasteiger partial charge on any atom is 0.270 e. The van der Waals surface area contributed by atoms with E-state index in [0.29, 0.717) is 5.56 Å². The van der Waals surface area contributed by atoms with E-state index in [1.165, 1.54) is 42.5 Å². The van der Waals surface area contributed by atoms with Crippen molar-refractivity contribution < 1.29 is 18.1 Å². The number of carbonyl (C=O) groups is 1. The molecular weight excluding hydrogens is 346 g/mol. The molecule has 0 aliphatic heterocycles. The van der Waals surface area contributed by atoms with Gasteiger partial charge in [0.25, 0.3) is 21.6 Å². The molecule has 0 unspecified atom stereocenters. The van der Waals surface area contributed by atoms with Gasteiger partial charge in [-0.2, -0.15) is 0 Å². The lowest BCUT2D eigenvalue weighted by Gasteiger charge is -2.09. The monoisotopic (exact) mass is 361 g/mol. The first-order valence-electron chi connectivity index (χ1n) is 7.53. The summed E-state index contributed by atoms with van der Waals surface area (Å²) in [6.07, 6.45) is 1.96. The van der Waals surface area contributed by atoms with E-state index in [0.717, 1.165) is 18.9 Å². The quantitative estimate of drug-likeness (QED) is 0.604. The summed E-state index contributed by atoms with van der Waals surface area (Å²) in [7, 11) is -3.97. The number of nitrogens with one attached hydrogen (secondary N) is 2. The lowest BCUT2D eigenvalue weighted by Crippen LogP contribution is -2.25. The highest BCUT2D eigenvalue weighted by atomic mass is 32.2. The van der Waals surface area contributed by atoms with E-state index in [9.17, 15) is 23.3 Å². The average Bonchev–Trinajstić information content (AvgIpc) is 3.39. The van der Waals surface area contributed by atoms with Crippen LogP contribution < -0.4 is 10.0 Å². The highest BCUT2D eigenvalue weighted by Crippen LogP contribution is 2.22. The second kappa shape index (κ2) is 6.52. The third kappa shape index (κ3) is 4.13. The topological polar surface area (TPSA) is 118 Å². The summed E-state index contributed by atoms with van der Waals surface area (Å²) in [4.78, 5) is 21.8. The van der Waals surface area contributed by atoms with Gasteiger partial charge in [0, 0.05) is 29.4 Å². The third-order valence-electron chi connectivity index (χ3n) is 3.65. The Morgan fingerprint density at radius 1 is 1.12 bits per heavy atom. The van der Waals surface area contributed by atoms with Crippen LogP contribution >= 0.6 is 0 Å². The Labute approximate surface area is 144 Å². The second-order valence-corrected chi connectivity index (χ2v) is 7.37. The van der Waals surface area contributed by atoms with Crippen LogP contribution in [0.25, 0.3) is 0 Å². The summed E-state index contributed by atoms with van der Waals surface area (Å²) in [5.74, 6) is -0.199. The molecule has 130 valence electrons. The van der Waals surface area contributed by atoms with E-state index in [-0.39, 0.29) is 28.2 Å². The molecule has 1 fully saturated rings. The Bertz CT molecular complexity index is 921. The minimum atomic E-state index is -3.97. The van der Waals surface area contributed by atoms with E-state index in [1.807, 2.05) is 0 Å². The van der Waals surface area contributed by atoms with Crippen molar-refractivity contribution in [2.24, 2.45) is 0 Å². The van der Waals surface area contributed by atoms with Gasteiger partial charge in [0.1, 0.15) is 0 Å². The molecule has 3 rings (SSSR count). The Kier molecular flexibility index (Phi) is 4.41. The zero-order valence-corrected chi connectivity index (χ0v) is 13.8. The molecule has 2 aromatic rings. The van der Waals surface area contributed by atoms with E-state index >= 15 is 0 Å². The molecule has 9 heteroatoms. The maximum atomic E-state index is 12.3. The molecule has 0 radical (unpaired) electrons. The fourth-order valence-corrected chi connectivity index (χ4v) is 3.26. The molecule has 2 N–H and O–H groups in total. The molecule has 0 atom stereocenters. The van der Waals surface area contributed by atoms with E-state index < -0.39 is 14.9 Å². The molecule has 8 nitrogen and oxygen atoms in total. The van der Waals surface area contributed by atoms with Crippen molar-refractivity contribution in [1.29, 1.82) is 0 Å². The van der Waals surface area contributed by atoms with Crippen LogP contribution in [0.2, 0.25) is 0 Å². The summed E-state index contributed by atoms with van der Waals surface area (Å²) in [6.45, 7) is 0. The van der Waals surface area contributed by atoms with Gasteiger partial charge >= 0.3 is 0 Å². The molecule has 0 spiro atoms. The highest BCUT2D eigenvalue weighted by Gasteiger charge is 2.24. The van der Waals surface area contributed by atoms with Crippen LogP contribution in [0.15, 0.2) is 53.4 Å². The Hall–Kier alpha value is -2.94. The number of amides is 1. The summed E-state index contributed by atoms with van der Waals surface area (Å²) in [6, 6.07) is 11.0. The first-order chi connectivity index (χ1) is 11.8. The minimum Gasteiger partial charge on any atom is -0.349 e. The van der Waals surface area contributed by atoms with Crippen LogP contribution in [0.3, 0.4) is 0 Å². The van der Waals surface area contributed by atoms with Gasteiger partial charge < -0.3 is 5.32 Å². The minimum absolute atomic E-state index is 0.199. The summed E-state index contributed by atoms with van der Waals surface area (Å²) in [5, 5.41) is 13.6. The van der Waals surface area contributed by atoms with Crippen molar-refractivity contribution >= 4 is 27.3 Å². The molecule has 0 heterocycles. The molecule has 1 aliphatic carbocycles. The third-order valence-corrected chi connectivity index (χ3v) is 5.03. The lowest BCUT2D eigenvalue weighted by atomic mass is 10.2. The number of anilines is 1. The summed E-state index contributed by atoms with van der Waals surface area (Å²) < 4.78 is 27.0. The number of rotatable bonds is 6. The number of non-ortho nitro benzene ring substituents is 1. The predicted molar refractivity (Wildman–Crippen MR) is 90.8 cm³/mol. The van der Waals surface area contributed by atoms with Gasteiger partial charge in [-0.25, -0.2) is 8.42 Å². The zero-order valence-electron chi connectivity index (χ0n) is 13.0. The van der Waals surface area contributed by atoms with Crippen LogP contribution in [0, 0.1) is 10.1 Å². The molecule has 1 amide bonds. The summed E-state index contributed by atoms with van der Waals surface area (Å²) in [5.41, 5.74) is 0.384. The van der Waals surface area contributed by atoms with Crippen molar-refractivity contribution in [2.75, 3.05) is 4.72 Å². The number of nitrogens with zero attached hydrogens (tertiary/aromatic N) is 1. The number of carbonyl (C=O) groups excluding carboxylic acids is 1. The number of nitro benzene ring substituents is 1. The smallest absolute Gasteiger partial charge is 0.270 e. The second-order valence-electron chi connectivity index (χ2n) is 5.69. The highest BCUT2D eigenvalue weighted by molar-refractivity contribution is 7.92. The van der Waals surface area contributed by atoms with Gasteiger partial charge in [-0.3, -0.25) is 19.6 Å². The van der Waals surface area contributed by atoms with Crippen molar-refractivity contribution in [2.45, 2.75) is 23.8 Å². The lowest BCUT2D eigenvalue weighted by molar-refractivity contribution is -0.385. The zero-order chi connectivity index (χ0) is 18.0. The van der Waals surface area contributed by atoms with Crippen LogP contribution in [0.4, 0.5) is 11.4 Å². The van der Waals surface area contributed by atoms with Crippen LogP contribution in [0.5, 0.6) is 0 Å². The van der Waals surface area contributed by atoms with Gasteiger partial charge in [0.05, 0.1) is 9.82 Å². The van der Waals surface area contributed by atoms with Gasteiger partial charge in [0.15, 0.2) is 0 Å². The standard InChI is InChI=1S/C16H15N3O5S/c20-16(17-12-8-9-12)11-4-6-13(7-5-11)18-25(23,24)15-3-1-2-14(10-15)19(21)22/h1-7,10,12,18H,8-9H2,(H,17,20). The molecule has 1 saturated carbocycles. The maximum absolute atomic E-state index is 12.3. The van der Waals surface area contributed by atoms with Crippen molar-refractivity contribution in [3.8, 4) is 0 Å². The molecule has 1 aliphatic rings. The SMILES string of the molecule is O=C(NC1CC1)c1ccc(NS(=O)(=O)c2cccc([N+](=O)[O-])c2)cc1. The Morgan fingerprint density at radius 3 is 2.40 bits per heavy atom. The van der Waals surface area contributed by atoms with Gasteiger partial charge in [-0.15, -0.1) is 0 Å². The molecule has 25 heavy (non-hydrogen) atoms. The molecule has 0 aromatic heterocycles. The number of benzene rings is 2. The number of hydrogen-bond donors (Lipinski definition) is 2. The van der Waals surface area contributed by atoms with Crippen LogP contribution in [-0.4, -0.2) is 25.3 Å². The van der Waals surface area contributed by atoms with E-state index in [2.05, 4.69) is 10.0 Å². The van der Waals surface area contributed by atoms with Gasteiger partial charge in [0.2, 0.25) is 0 Å². The van der Waals surface area contributed by atoms with Crippen LogP contribution in [0.1, 0.15) is 23.2 Å². The van der Waals surface area contributed by atoms with Gasteiger partial charge in [-0.05, 0) is 43.2 Å². The first-order valence-corrected chi connectivity index (χ1v) is 9.02. The van der Waals surface area contributed by atoms with Crippen LogP contribution in [-0.2, 0) is 10.0 Å². The van der Waals surface area contributed by atoms with Crippen molar-refractivity contribution in [3.05, 3.63) is 64.2 Å². The Balaban J connectivity index is 1.75. The molecular formula is C16H15N3O5S. The first kappa shape index (κ1) is 16.9. The van der Waals surface area contributed by atoms with Crippen molar-refractivity contribution in [1.82, 2.24) is 5.32 Å². The normalized spacial score (nSPS) is 13.9. The van der Waals surface area contributed by atoms with E-state index in [4.69, 9.17) is 0 Å². The fourth-order valence-electron chi connectivity index (χ4n) is 2.16. The van der Waals surface area contributed by atoms with Gasteiger partial charge in [-0.1, -0.05) is 6.07 Å². The molecule has 2 aromatic carbocycles. The average molecular weight is 361 g/mol. The Morgan fingerprint density at radius 2 is 1.80 bits per heavy atom. The predicted octanol–water partition coefficient (Wildman–Crippen LogP) is 2.29. The fraction of sp³-hybridized carbons (Fsp3) is 0.188. The molecule has 0 bridgehead atoms. The largest absolute Gasteiger partial charge is 0.349 e. The summed E-state index contributed by atoms with van der Waals surface area (Å²) >= 11 is 0. The molecule has 0 saturated heterocycles.